The van der Waals surface area contributed by atoms with Crippen molar-refractivity contribution in [3.05, 3.63) is 68.8 Å². The SMILES string of the molecule is N#Cc1cc(N2CCc3ccccc3C2)c([N+](=O)[O-])cc1C#N. The van der Waals surface area contributed by atoms with Crippen LogP contribution in [0.3, 0.4) is 0 Å². The van der Waals surface area contributed by atoms with E-state index in [1.54, 1.807) is 0 Å². The van der Waals surface area contributed by atoms with Crippen LogP contribution in [0.4, 0.5) is 11.4 Å². The summed E-state index contributed by atoms with van der Waals surface area (Å²) in [5.41, 5.74) is 2.80. The molecule has 6 heteroatoms. The van der Waals surface area contributed by atoms with Crippen LogP contribution in [0.1, 0.15) is 22.3 Å². The first-order chi connectivity index (χ1) is 11.1. The molecular formula is C17H12N4O2. The zero-order valence-electron chi connectivity index (χ0n) is 12.2. The van der Waals surface area contributed by atoms with Gasteiger partial charge in [-0.05, 0) is 23.6 Å². The number of anilines is 1. The highest BCUT2D eigenvalue weighted by molar-refractivity contribution is 5.70. The molecule has 112 valence electrons. The van der Waals surface area contributed by atoms with Gasteiger partial charge in [-0.2, -0.15) is 10.5 Å². The third-order valence-corrected chi connectivity index (χ3v) is 4.02. The summed E-state index contributed by atoms with van der Waals surface area (Å²) >= 11 is 0. The van der Waals surface area contributed by atoms with E-state index < -0.39 is 4.92 Å². The van der Waals surface area contributed by atoms with Crippen LogP contribution < -0.4 is 4.90 Å². The van der Waals surface area contributed by atoms with Crippen LogP contribution in [-0.4, -0.2) is 11.5 Å². The van der Waals surface area contributed by atoms with Gasteiger partial charge in [0.05, 0.1) is 16.1 Å². The van der Waals surface area contributed by atoms with Crippen LogP contribution in [0.15, 0.2) is 36.4 Å². The molecule has 2 aromatic rings. The van der Waals surface area contributed by atoms with Gasteiger partial charge in [-0.15, -0.1) is 0 Å². The number of nitrogens with zero attached hydrogens (tertiary/aromatic N) is 4. The van der Waals surface area contributed by atoms with E-state index in [2.05, 4.69) is 6.07 Å². The van der Waals surface area contributed by atoms with E-state index in [0.29, 0.717) is 18.8 Å². The molecule has 0 spiro atoms. The van der Waals surface area contributed by atoms with Gasteiger partial charge < -0.3 is 4.90 Å². The Morgan fingerprint density at radius 3 is 2.39 bits per heavy atom. The summed E-state index contributed by atoms with van der Waals surface area (Å²) in [5, 5.41) is 29.6. The normalized spacial score (nSPS) is 12.9. The molecule has 3 rings (SSSR count). The number of hydrogen-bond donors (Lipinski definition) is 0. The minimum absolute atomic E-state index is 0.0281. The molecule has 1 heterocycles. The van der Waals surface area contributed by atoms with Gasteiger partial charge in [0.25, 0.3) is 5.69 Å². The standard InChI is InChI=1S/C17H12N4O2/c18-9-14-7-16(17(21(22)23)8-15(14)10-19)20-6-5-12-3-1-2-4-13(12)11-20/h1-4,7-8H,5-6,11H2. The van der Waals surface area contributed by atoms with Crippen LogP contribution in [0.25, 0.3) is 0 Å². The third-order valence-electron chi connectivity index (χ3n) is 4.02. The van der Waals surface area contributed by atoms with Gasteiger partial charge in [0.1, 0.15) is 17.8 Å². The van der Waals surface area contributed by atoms with Crippen molar-refractivity contribution in [2.24, 2.45) is 0 Å². The predicted octanol–water partition coefficient (Wildman–Crippen LogP) is 2.90. The van der Waals surface area contributed by atoms with E-state index in [4.69, 9.17) is 5.26 Å². The Balaban J connectivity index is 2.08. The number of hydrogen-bond acceptors (Lipinski definition) is 5. The Bertz CT molecular complexity index is 877. The Labute approximate surface area is 133 Å². The van der Waals surface area contributed by atoms with Crippen LogP contribution in [-0.2, 0) is 13.0 Å². The summed E-state index contributed by atoms with van der Waals surface area (Å²) in [6.45, 7) is 1.18. The maximum absolute atomic E-state index is 11.4. The lowest BCUT2D eigenvalue weighted by molar-refractivity contribution is -0.384. The number of rotatable bonds is 2. The van der Waals surface area contributed by atoms with Crippen molar-refractivity contribution in [2.45, 2.75) is 13.0 Å². The molecule has 23 heavy (non-hydrogen) atoms. The van der Waals surface area contributed by atoms with Crippen molar-refractivity contribution in [3.63, 3.8) is 0 Å². The molecule has 0 atom stereocenters. The number of nitro benzene ring substituents is 1. The molecule has 1 aliphatic rings. The summed E-state index contributed by atoms with van der Waals surface area (Å²) in [5.74, 6) is 0. The second-order valence-corrected chi connectivity index (χ2v) is 5.31. The van der Waals surface area contributed by atoms with E-state index in [1.165, 1.54) is 17.7 Å². The first-order valence-electron chi connectivity index (χ1n) is 7.08. The third kappa shape index (κ3) is 2.58. The fraction of sp³-hybridized carbons (Fsp3) is 0.176. The highest BCUT2D eigenvalue weighted by Gasteiger charge is 2.25. The average Bonchev–Trinajstić information content (AvgIpc) is 2.59. The van der Waals surface area contributed by atoms with E-state index in [1.807, 2.05) is 35.2 Å². The first kappa shape index (κ1) is 14.6. The lowest BCUT2D eigenvalue weighted by Gasteiger charge is -2.30. The van der Waals surface area contributed by atoms with Crippen LogP contribution in [0.5, 0.6) is 0 Å². The topological polar surface area (TPSA) is 94.0 Å². The van der Waals surface area contributed by atoms with Gasteiger partial charge in [-0.3, -0.25) is 10.1 Å². The fourth-order valence-electron chi connectivity index (χ4n) is 2.86. The molecule has 0 aliphatic carbocycles. The van der Waals surface area contributed by atoms with Gasteiger partial charge in [0.15, 0.2) is 0 Å². The zero-order chi connectivity index (χ0) is 16.4. The van der Waals surface area contributed by atoms with Gasteiger partial charge >= 0.3 is 0 Å². The maximum atomic E-state index is 11.4. The molecular weight excluding hydrogens is 292 g/mol. The molecule has 0 fully saturated rings. The molecule has 0 saturated heterocycles. The first-order valence-corrected chi connectivity index (χ1v) is 7.08. The van der Waals surface area contributed by atoms with Crippen molar-refractivity contribution >= 4 is 11.4 Å². The molecule has 6 nitrogen and oxygen atoms in total. The lowest BCUT2D eigenvalue weighted by Crippen LogP contribution is -2.30. The van der Waals surface area contributed by atoms with E-state index in [-0.39, 0.29) is 16.8 Å². The summed E-state index contributed by atoms with van der Waals surface area (Å²) in [4.78, 5) is 12.8. The van der Waals surface area contributed by atoms with Crippen LogP contribution in [0, 0.1) is 32.8 Å². The second kappa shape index (κ2) is 5.78. The number of nitro groups is 1. The smallest absolute Gasteiger partial charge is 0.293 e. The van der Waals surface area contributed by atoms with Crippen molar-refractivity contribution in [1.29, 1.82) is 10.5 Å². The summed E-state index contributed by atoms with van der Waals surface area (Å²) < 4.78 is 0. The van der Waals surface area contributed by atoms with Gasteiger partial charge in [-0.1, -0.05) is 24.3 Å². The van der Waals surface area contributed by atoms with E-state index in [9.17, 15) is 15.4 Å². The zero-order valence-corrected chi connectivity index (χ0v) is 12.2. The molecule has 0 radical (unpaired) electrons. The van der Waals surface area contributed by atoms with Crippen LogP contribution in [0.2, 0.25) is 0 Å². The highest BCUT2D eigenvalue weighted by Crippen LogP contribution is 2.34. The van der Waals surface area contributed by atoms with Gasteiger partial charge in [0, 0.05) is 19.2 Å². The van der Waals surface area contributed by atoms with Crippen molar-refractivity contribution in [1.82, 2.24) is 0 Å². The molecule has 0 saturated carbocycles. The lowest BCUT2D eigenvalue weighted by atomic mass is 9.98. The average molecular weight is 304 g/mol. The highest BCUT2D eigenvalue weighted by atomic mass is 16.6. The van der Waals surface area contributed by atoms with Crippen molar-refractivity contribution in [2.75, 3.05) is 11.4 Å². The molecule has 0 amide bonds. The van der Waals surface area contributed by atoms with Crippen molar-refractivity contribution in [3.8, 4) is 12.1 Å². The largest absolute Gasteiger partial charge is 0.361 e. The minimum Gasteiger partial charge on any atom is -0.361 e. The van der Waals surface area contributed by atoms with E-state index in [0.717, 1.165) is 12.0 Å². The van der Waals surface area contributed by atoms with Crippen LogP contribution >= 0.6 is 0 Å². The summed E-state index contributed by atoms with van der Waals surface area (Å²) in [7, 11) is 0. The minimum atomic E-state index is -0.502. The summed E-state index contributed by atoms with van der Waals surface area (Å²) in [6.07, 6.45) is 0.787. The van der Waals surface area contributed by atoms with Gasteiger partial charge in [0.2, 0.25) is 0 Å². The van der Waals surface area contributed by atoms with Crippen molar-refractivity contribution < 1.29 is 4.92 Å². The predicted molar refractivity (Wildman–Crippen MR) is 83.7 cm³/mol. The summed E-state index contributed by atoms with van der Waals surface area (Å²) in [6, 6.07) is 14.4. The molecule has 0 aromatic heterocycles. The number of benzene rings is 2. The molecule has 0 unspecified atom stereocenters. The Morgan fingerprint density at radius 2 is 1.74 bits per heavy atom. The maximum Gasteiger partial charge on any atom is 0.293 e. The Morgan fingerprint density at radius 1 is 1.09 bits per heavy atom. The monoisotopic (exact) mass is 304 g/mol. The number of nitriles is 2. The molecule has 1 aliphatic heterocycles. The van der Waals surface area contributed by atoms with Gasteiger partial charge in [-0.25, -0.2) is 0 Å². The number of fused-ring (bicyclic) bond motifs is 1. The molecule has 0 bridgehead atoms. The van der Waals surface area contributed by atoms with E-state index >= 15 is 0 Å². The molecule has 0 N–H and O–H groups in total. The fourth-order valence-corrected chi connectivity index (χ4v) is 2.86. The second-order valence-electron chi connectivity index (χ2n) is 5.31. The molecule has 2 aromatic carbocycles. The Kier molecular flexibility index (Phi) is 3.66. The Hall–Kier alpha value is -3.38. The quantitative estimate of drug-likeness (QED) is 0.628.